The quantitative estimate of drug-likeness (QED) is 0.0362. The Bertz CT molecular complexity index is 3680. The smallest absolute Gasteiger partial charge is 0.465 e. The second-order valence-corrected chi connectivity index (χ2v) is 25.5. The molecule has 91 heavy (non-hydrogen) atoms. The number of carbonyl (C=O) groups is 2. The number of para-hydroxylation sites is 2. The molecule has 0 bridgehead atoms. The molecule has 9 rings (SSSR count). The molecule has 494 valence electrons. The highest BCUT2D eigenvalue weighted by atomic mass is 35.7. The Labute approximate surface area is 526 Å². The number of aliphatic hydroxyl groups is 5. The molecule has 33 nitrogen and oxygen atoms in total. The Morgan fingerprint density at radius 3 is 1.67 bits per heavy atom. The summed E-state index contributed by atoms with van der Waals surface area (Å²) in [6, 6.07) is 26.3. The molecule has 0 spiro atoms. The second kappa shape index (κ2) is 33.7. The maximum absolute atomic E-state index is 13.7. The number of ether oxygens (including phenoxy) is 4. The number of esters is 2. The number of carbonyl (C=O) groups excluding carboxylic acids is 2. The number of hydrogen-bond acceptors (Lipinski definition) is 28. The number of aromatic nitrogens is 7. The second-order valence-electron chi connectivity index (χ2n) is 19.0. The first-order valence-electron chi connectivity index (χ1n) is 27.1. The molecule has 0 radical (unpaired) electrons. The van der Waals surface area contributed by atoms with E-state index >= 15 is 0 Å². The lowest BCUT2D eigenvalue weighted by atomic mass is 9.92. The Balaban J connectivity index is 0.000000238. The zero-order valence-electron chi connectivity index (χ0n) is 50.3. The average molecular weight is 1350 g/mol. The van der Waals surface area contributed by atoms with Crippen LogP contribution in [0.2, 0.25) is 0 Å². The third kappa shape index (κ3) is 18.8. The number of nitrogen functional groups attached to an aromatic ring is 2. The first-order chi connectivity index (χ1) is 43.2. The molecule has 11 N–H and O–H groups in total. The number of nitrogens with one attached hydrogen (secondary N) is 2. The molecule has 0 amide bonds. The first-order valence-corrected chi connectivity index (χ1v) is 32.7. The van der Waals surface area contributed by atoms with Gasteiger partial charge in [0.15, 0.2) is 5.82 Å². The molecule has 2 aliphatic rings. The van der Waals surface area contributed by atoms with Crippen molar-refractivity contribution in [2.45, 2.75) is 87.6 Å². The summed E-state index contributed by atoms with van der Waals surface area (Å²) in [6.45, 7) is 1.86. The number of rotatable bonds is 21. The van der Waals surface area contributed by atoms with Crippen LogP contribution in [0.15, 0.2) is 122 Å². The first kappa shape index (κ1) is 74.3. The summed E-state index contributed by atoms with van der Waals surface area (Å²) in [5.74, 6) is -0.552. The highest BCUT2D eigenvalue weighted by Gasteiger charge is 2.59. The van der Waals surface area contributed by atoms with Crippen LogP contribution in [0.5, 0.6) is 11.5 Å². The van der Waals surface area contributed by atoms with E-state index in [-0.39, 0.29) is 36.2 Å². The maximum Gasteiger partial charge on any atom is 0.473 e. The van der Waals surface area contributed by atoms with E-state index in [9.17, 15) is 59.3 Å². The molecule has 37 heteroatoms. The van der Waals surface area contributed by atoms with Crippen molar-refractivity contribution in [1.82, 2.24) is 43.9 Å². The van der Waals surface area contributed by atoms with Crippen LogP contribution in [-0.2, 0) is 78.6 Å². The molecule has 2 aliphatic heterocycles. The van der Waals surface area contributed by atoms with E-state index in [2.05, 4.69) is 43.9 Å². The molecule has 2 aromatic carbocycles. The summed E-state index contributed by atoms with van der Waals surface area (Å²) < 4.78 is 91.0. The SMILES string of the molecule is CCOC(=O)[C@H](C)NP(=O)(Cl)Oc1ccccc1.CCOC(=O)[C@H](C)NP(=O)(OC[C@H]1O[C@@](C#N)(c2ccc3c(N)ncnn23)[C@H](O)[C@@H]1O)Oc1ccccc1.COP(=O)(OC)OC.Cn1ccnc1.N#C[C@@]1(c2ccc3c(N)ccnn23)O[C@H](CO)[C@@H](O)[C@H]1O. The molecular weight excluding hydrogens is 1280 g/mol. The van der Waals surface area contributed by atoms with E-state index in [0.717, 1.165) is 0 Å². The van der Waals surface area contributed by atoms with Gasteiger partial charge in [-0.05, 0) is 82.3 Å². The Morgan fingerprint density at radius 2 is 1.22 bits per heavy atom. The monoisotopic (exact) mass is 1350 g/mol. The van der Waals surface area contributed by atoms with Gasteiger partial charge in [-0.3, -0.25) is 27.7 Å². The van der Waals surface area contributed by atoms with Crippen LogP contribution in [0.4, 0.5) is 11.5 Å². The van der Waals surface area contributed by atoms with Gasteiger partial charge in [-0.15, -0.1) is 0 Å². The Kier molecular flexibility index (Phi) is 27.5. The molecule has 2 fully saturated rings. The van der Waals surface area contributed by atoms with Crippen molar-refractivity contribution < 1.29 is 94.9 Å². The molecule has 2 unspecified atom stereocenters. The summed E-state index contributed by atoms with van der Waals surface area (Å²) in [5.41, 5.74) is 9.52. The molecule has 12 atom stereocenters. The van der Waals surface area contributed by atoms with Crippen molar-refractivity contribution >= 4 is 68.2 Å². The van der Waals surface area contributed by atoms with Crippen molar-refractivity contribution in [1.29, 1.82) is 10.5 Å². The van der Waals surface area contributed by atoms with E-state index in [1.807, 2.05) is 30.0 Å². The van der Waals surface area contributed by atoms with E-state index < -0.39 is 108 Å². The van der Waals surface area contributed by atoms with Crippen LogP contribution in [0, 0.1) is 22.7 Å². The number of nitriles is 2. The van der Waals surface area contributed by atoms with E-state index in [0.29, 0.717) is 22.5 Å². The minimum atomic E-state index is -4.28. The number of anilines is 2. The lowest BCUT2D eigenvalue weighted by molar-refractivity contribution is -0.145. The van der Waals surface area contributed by atoms with Gasteiger partial charge in [-0.2, -0.15) is 25.8 Å². The van der Waals surface area contributed by atoms with Crippen molar-refractivity contribution in [2.75, 3.05) is 59.2 Å². The van der Waals surface area contributed by atoms with Crippen molar-refractivity contribution in [2.24, 2.45) is 7.05 Å². The molecular formula is C54H71ClN13O20P3. The van der Waals surface area contributed by atoms with E-state index in [1.165, 1.54) is 74.9 Å². The Morgan fingerprint density at radius 1 is 0.725 bits per heavy atom. The largest absolute Gasteiger partial charge is 0.473 e. The van der Waals surface area contributed by atoms with E-state index in [1.54, 1.807) is 99.2 Å². The number of aliphatic hydroxyl groups excluding tert-OH is 5. The predicted octanol–water partition coefficient (Wildman–Crippen LogP) is 4.05. The molecule has 7 heterocycles. The van der Waals surface area contributed by atoms with Gasteiger partial charge in [0.1, 0.15) is 84.2 Å². The number of aryl methyl sites for hydroxylation is 1. The lowest BCUT2D eigenvalue weighted by Crippen LogP contribution is -2.41. The summed E-state index contributed by atoms with van der Waals surface area (Å²) in [4.78, 5) is 31.2. The summed E-state index contributed by atoms with van der Waals surface area (Å²) in [6.07, 6.45) is -0.625. The van der Waals surface area contributed by atoms with Gasteiger partial charge in [0.2, 0.25) is 11.2 Å². The van der Waals surface area contributed by atoms with Gasteiger partial charge < -0.3 is 69.6 Å². The number of benzene rings is 2. The molecule has 5 aromatic heterocycles. The summed E-state index contributed by atoms with van der Waals surface area (Å²) >= 11 is 5.72. The fourth-order valence-corrected chi connectivity index (χ4v) is 12.0. The van der Waals surface area contributed by atoms with Gasteiger partial charge in [-0.25, -0.2) is 37.8 Å². The third-order valence-electron chi connectivity index (χ3n) is 12.9. The van der Waals surface area contributed by atoms with Crippen molar-refractivity contribution in [3.63, 3.8) is 0 Å². The highest BCUT2D eigenvalue weighted by Crippen LogP contribution is 2.50. The average Bonchev–Trinajstić information content (AvgIpc) is 1.60. The molecule has 7 aromatic rings. The third-order valence-corrected chi connectivity index (χ3v) is 17.5. The number of nitrogens with two attached hydrogens (primary N) is 2. The lowest BCUT2D eigenvalue weighted by Gasteiger charge is -2.25. The number of halogens is 1. The van der Waals surface area contributed by atoms with Crippen molar-refractivity contribution in [3.8, 4) is 23.6 Å². The van der Waals surface area contributed by atoms with Crippen LogP contribution in [0.3, 0.4) is 0 Å². The fraction of sp³-hybridized carbons (Fsp3) is 0.407. The highest BCUT2D eigenvalue weighted by molar-refractivity contribution is 7.84. The summed E-state index contributed by atoms with van der Waals surface area (Å²) in [7, 11) is -1.73. The van der Waals surface area contributed by atoms with Crippen LogP contribution in [0.25, 0.3) is 11.0 Å². The number of fused-ring (bicyclic) bond motifs is 2. The predicted molar refractivity (Wildman–Crippen MR) is 324 cm³/mol. The zero-order valence-corrected chi connectivity index (χ0v) is 53.7. The maximum atomic E-state index is 13.7. The van der Waals surface area contributed by atoms with Gasteiger partial charge >= 0.3 is 34.4 Å². The van der Waals surface area contributed by atoms with Gasteiger partial charge in [0, 0.05) is 58.2 Å². The molecule has 2 saturated heterocycles. The van der Waals surface area contributed by atoms with Crippen LogP contribution in [0.1, 0.15) is 39.1 Å². The standard InChI is InChI=1S/C23H27N6O8P.C13H14N4O4.C11H15ClNO4P.C4H6N2.C3H9O4P/c1-3-34-22(32)14(2)28-38(33,37-15-7-5-4-6-8-15)35-11-17-19(30)20(31)23(12-24,36-17)18-10-9-16-21(25)26-13-27-29(16)18;14-6-13(12(20)11(19)9(5-18)21-13)10-2-1-8-7(15)3-4-16-17(8)10;1-3-16-11(14)9(2)13-18(12,15)17-10-7-5-4-6-8-10;1-6-3-2-5-4-6;1-5-8(4,6-2)7-3/h4-10,13-14,17,19-20,30-31H,3,11H2,1-2H3,(H,28,33)(H2,25,26,27);1-4,9,11-12,18-20H,5,15H2;4-9H,3H2,1-2H3,(H,13,15);2-4H,1H3;1-3H3/t14-,17+,19+,20+,23-,38?;9-,11-,12-,13+;9-,18?;;/m010../s1. The number of hydrogen-bond donors (Lipinski definition) is 9. The van der Waals surface area contributed by atoms with Crippen LogP contribution in [-0.4, -0.2) is 168 Å². The number of imidazole rings is 1. The molecule has 0 aliphatic carbocycles. The number of nitrogens with zero attached hydrogens (tertiary/aromatic N) is 9. The number of phosphoric ester groups is 1. The number of phosphoric acid groups is 1. The Hall–Kier alpha value is -7.46. The fourth-order valence-electron chi connectivity index (χ4n) is 8.38. The van der Waals surface area contributed by atoms with Gasteiger partial charge in [0.25, 0.3) is 0 Å². The van der Waals surface area contributed by atoms with Crippen molar-refractivity contribution in [3.05, 3.63) is 134 Å². The van der Waals surface area contributed by atoms with Gasteiger partial charge in [-0.1, -0.05) is 36.4 Å². The molecule has 0 saturated carbocycles. The minimum absolute atomic E-state index is 0.0935. The van der Waals surface area contributed by atoms with Crippen LogP contribution < -0.4 is 30.7 Å². The normalized spacial score (nSPS) is 22.8. The zero-order chi connectivity index (χ0) is 67.3. The van der Waals surface area contributed by atoms with E-state index in [4.69, 9.17) is 55.2 Å². The summed E-state index contributed by atoms with van der Waals surface area (Å²) in [5, 5.41) is 83.7. The van der Waals surface area contributed by atoms with Crippen LogP contribution >= 0.6 is 33.7 Å². The minimum Gasteiger partial charge on any atom is -0.465 e. The van der Waals surface area contributed by atoms with Gasteiger partial charge in [0.05, 0.1) is 55.3 Å². The topological polar surface area (TPSA) is 468 Å².